The molecule has 0 atom stereocenters. The minimum absolute atomic E-state index is 0.178. The molecule has 3 aromatic rings. The number of fused-ring (bicyclic) bond motifs is 3. The van der Waals surface area contributed by atoms with Gasteiger partial charge in [0.15, 0.2) is 3.95 Å². The highest BCUT2D eigenvalue weighted by molar-refractivity contribution is 7.73. The van der Waals surface area contributed by atoms with Crippen LogP contribution in [0.15, 0.2) is 23.1 Å². The van der Waals surface area contributed by atoms with E-state index in [4.69, 9.17) is 17.0 Å². The van der Waals surface area contributed by atoms with Gasteiger partial charge in [0.2, 0.25) is 0 Å². The van der Waals surface area contributed by atoms with Crippen molar-refractivity contribution in [3.63, 3.8) is 0 Å². The molecule has 0 spiro atoms. The maximum absolute atomic E-state index is 12.8. The zero-order valence-corrected chi connectivity index (χ0v) is 14.7. The van der Waals surface area contributed by atoms with E-state index in [-0.39, 0.29) is 12.2 Å². The van der Waals surface area contributed by atoms with E-state index in [0.29, 0.717) is 31.8 Å². The van der Waals surface area contributed by atoms with E-state index in [1.165, 1.54) is 11.3 Å². The third-order valence-corrected chi connectivity index (χ3v) is 5.16. The summed E-state index contributed by atoms with van der Waals surface area (Å²) in [5.41, 5.74) is 2.38. The minimum Gasteiger partial charge on any atom is -0.462 e. The topological polar surface area (TPSA) is 52.7 Å². The van der Waals surface area contributed by atoms with Gasteiger partial charge >= 0.3 is 5.97 Å². The number of carbonyl (C=O) groups is 1. The van der Waals surface area contributed by atoms with E-state index in [1.54, 1.807) is 15.9 Å². The Morgan fingerprint density at radius 3 is 2.74 bits per heavy atom. The number of carbonyl (C=O) groups excluding carboxylic acids is 1. The van der Waals surface area contributed by atoms with E-state index in [1.807, 2.05) is 32.2 Å². The maximum Gasteiger partial charge on any atom is 0.341 e. The molecule has 5 nitrogen and oxygen atoms in total. The Labute approximate surface area is 141 Å². The highest BCUT2D eigenvalue weighted by Gasteiger charge is 2.23. The molecule has 0 aliphatic rings. The first-order chi connectivity index (χ1) is 11.0. The van der Waals surface area contributed by atoms with Gasteiger partial charge in [-0.05, 0) is 44.6 Å². The van der Waals surface area contributed by atoms with Crippen molar-refractivity contribution in [1.82, 2.24) is 8.97 Å². The summed E-state index contributed by atoms with van der Waals surface area (Å²) in [6.07, 6.45) is 1.86. The number of aryl methyl sites for hydroxylation is 1. The van der Waals surface area contributed by atoms with Gasteiger partial charge in [0.25, 0.3) is 5.56 Å². The van der Waals surface area contributed by atoms with E-state index in [9.17, 15) is 9.59 Å². The number of rotatable bonds is 3. The van der Waals surface area contributed by atoms with Crippen molar-refractivity contribution in [2.75, 3.05) is 6.61 Å². The van der Waals surface area contributed by atoms with Gasteiger partial charge in [-0.25, -0.2) is 4.79 Å². The Hall–Kier alpha value is -1.99. The fraction of sp³-hybridized carbons (Fsp3) is 0.312. The molecule has 0 saturated carbocycles. The lowest BCUT2D eigenvalue weighted by molar-refractivity contribution is 0.0531. The summed E-state index contributed by atoms with van der Waals surface area (Å²) in [6, 6.07) is 3.75. The Morgan fingerprint density at radius 1 is 1.35 bits per heavy atom. The van der Waals surface area contributed by atoms with Crippen molar-refractivity contribution in [3.05, 3.63) is 43.8 Å². The molecule has 0 N–H and O–H groups in total. The molecular formula is C16H16N2O3S2. The Bertz CT molecular complexity index is 1040. The molecule has 0 amide bonds. The number of pyridine rings is 1. The van der Waals surface area contributed by atoms with Crippen molar-refractivity contribution in [1.29, 1.82) is 0 Å². The van der Waals surface area contributed by atoms with Crippen molar-refractivity contribution in [2.45, 2.75) is 27.3 Å². The van der Waals surface area contributed by atoms with Gasteiger partial charge in [-0.2, -0.15) is 0 Å². The molecule has 0 saturated heterocycles. The average molecular weight is 348 g/mol. The normalized spacial score (nSPS) is 11.3. The smallest absolute Gasteiger partial charge is 0.341 e. The number of hydrogen-bond donors (Lipinski definition) is 0. The average Bonchev–Trinajstić information content (AvgIpc) is 2.81. The van der Waals surface area contributed by atoms with Gasteiger partial charge in [-0.15, -0.1) is 11.3 Å². The van der Waals surface area contributed by atoms with Crippen LogP contribution in [0.5, 0.6) is 0 Å². The third-order valence-electron chi connectivity index (χ3n) is 3.69. The Morgan fingerprint density at radius 2 is 2.09 bits per heavy atom. The molecule has 120 valence electrons. The molecule has 0 radical (unpaired) electrons. The van der Waals surface area contributed by atoms with Crippen LogP contribution in [0.2, 0.25) is 0 Å². The van der Waals surface area contributed by atoms with E-state index >= 15 is 0 Å². The molecule has 3 aromatic heterocycles. The zero-order chi connectivity index (χ0) is 16.7. The second-order valence-electron chi connectivity index (χ2n) is 5.15. The highest BCUT2D eigenvalue weighted by atomic mass is 32.1. The van der Waals surface area contributed by atoms with Crippen LogP contribution in [0.3, 0.4) is 0 Å². The van der Waals surface area contributed by atoms with Crippen LogP contribution in [0.4, 0.5) is 0 Å². The van der Waals surface area contributed by atoms with Gasteiger partial charge in [-0.3, -0.25) is 9.36 Å². The van der Waals surface area contributed by atoms with Gasteiger partial charge in [-0.1, -0.05) is 6.07 Å². The first-order valence-electron chi connectivity index (χ1n) is 7.35. The summed E-state index contributed by atoms with van der Waals surface area (Å²) in [6.45, 7) is 6.36. The fourth-order valence-electron chi connectivity index (χ4n) is 2.67. The lowest BCUT2D eigenvalue weighted by Gasteiger charge is -2.02. The van der Waals surface area contributed by atoms with Crippen molar-refractivity contribution >= 4 is 45.3 Å². The molecule has 0 fully saturated rings. The minimum atomic E-state index is -0.428. The van der Waals surface area contributed by atoms with Crippen LogP contribution in [0.1, 0.15) is 29.8 Å². The molecule has 0 aliphatic heterocycles. The lowest BCUT2D eigenvalue weighted by atomic mass is 10.2. The number of esters is 1. The number of ether oxygens (including phenoxy) is 1. The lowest BCUT2D eigenvalue weighted by Crippen LogP contribution is -2.20. The third kappa shape index (κ3) is 2.40. The predicted octanol–water partition coefficient (Wildman–Crippen LogP) is 3.55. The summed E-state index contributed by atoms with van der Waals surface area (Å²) in [7, 11) is 0. The predicted molar refractivity (Wildman–Crippen MR) is 94.2 cm³/mol. The van der Waals surface area contributed by atoms with Gasteiger partial charge in [0.05, 0.1) is 16.8 Å². The quantitative estimate of drug-likeness (QED) is 0.536. The maximum atomic E-state index is 12.8. The molecule has 23 heavy (non-hydrogen) atoms. The molecule has 3 heterocycles. The van der Waals surface area contributed by atoms with Gasteiger partial charge in [0, 0.05) is 12.7 Å². The van der Waals surface area contributed by atoms with Crippen molar-refractivity contribution < 1.29 is 9.53 Å². The van der Waals surface area contributed by atoms with E-state index in [0.717, 1.165) is 5.56 Å². The zero-order valence-electron chi connectivity index (χ0n) is 13.1. The van der Waals surface area contributed by atoms with Crippen LogP contribution in [-0.4, -0.2) is 21.5 Å². The molecule has 0 aliphatic carbocycles. The molecule has 0 aromatic carbocycles. The van der Waals surface area contributed by atoms with Gasteiger partial charge < -0.3 is 9.14 Å². The fourth-order valence-corrected chi connectivity index (χ4v) is 4.20. The number of hydrogen-bond acceptors (Lipinski definition) is 5. The molecular weight excluding hydrogens is 332 g/mol. The van der Waals surface area contributed by atoms with E-state index in [2.05, 4.69) is 0 Å². The van der Waals surface area contributed by atoms with Crippen molar-refractivity contribution in [2.24, 2.45) is 0 Å². The monoisotopic (exact) mass is 348 g/mol. The summed E-state index contributed by atoms with van der Waals surface area (Å²) in [4.78, 5) is 25.3. The first-order valence-corrected chi connectivity index (χ1v) is 8.57. The second-order valence-corrected chi connectivity index (χ2v) is 6.80. The molecule has 3 rings (SSSR count). The summed E-state index contributed by atoms with van der Waals surface area (Å²) < 4.78 is 9.56. The van der Waals surface area contributed by atoms with Crippen molar-refractivity contribution in [3.8, 4) is 0 Å². The van der Waals surface area contributed by atoms with Crippen LogP contribution < -0.4 is 5.56 Å². The van der Waals surface area contributed by atoms with Crippen LogP contribution in [0, 0.1) is 10.9 Å². The molecule has 7 heteroatoms. The van der Waals surface area contributed by atoms with E-state index < -0.39 is 5.97 Å². The number of nitrogens with zero attached hydrogens (tertiary/aromatic N) is 2. The Balaban J connectivity index is 2.58. The Kier molecular flexibility index (Phi) is 4.08. The highest BCUT2D eigenvalue weighted by Crippen LogP contribution is 2.29. The largest absolute Gasteiger partial charge is 0.462 e. The standard InChI is InChI=1S/C16H16N2O3S2/c1-4-17-14(19)12-13(23-16(17)22)11(15(20)21-5-2)10-7-6-9(3)8-18(10)12/h6-8H,4-5H2,1-3H3. The summed E-state index contributed by atoms with van der Waals surface area (Å²) in [5, 5.41) is 0. The van der Waals surface area contributed by atoms with Crippen LogP contribution in [-0.2, 0) is 11.3 Å². The van der Waals surface area contributed by atoms with Gasteiger partial charge in [0.1, 0.15) is 11.1 Å². The van der Waals surface area contributed by atoms with Crippen LogP contribution >= 0.6 is 23.6 Å². The van der Waals surface area contributed by atoms with Crippen LogP contribution in [0.25, 0.3) is 15.7 Å². The summed E-state index contributed by atoms with van der Waals surface area (Å²) in [5.74, 6) is -0.428. The molecule has 0 bridgehead atoms. The first kappa shape index (κ1) is 15.9. The SMILES string of the molecule is CCOC(=O)c1c2sc(=S)n(CC)c(=O)c2n2cc(C)ccc12. The summed E-state index contributed by atoms with van der Waals surface area (Å²) >= 11 is 6.60. The number of aromatic nitrogens is 2. The second kappa shape index (κ2) is 5.90. The molecule has 0 unspecified atom stereocenters.